The minimum absolute atomic E-state index is 0.0378. The molecule has 114 valence electrons. The van der Waals surface area contributed by atoms with E-state index in [-0.39, 0.29) is 11.3 Å². The van der Waals surface area contributed by atoms with Crippen LogP contribution in [-0.2, 0) is 4.74 Å². The molecule has 0 unspecified atom stereocenters. The molecule has 0 fully saturated rings. The molecule has 8 heteroatoms. The molecule has 1 aromatic carbocycles. The van der Waals surface area contributed by atoms with Crippen molar-refractivity contribution < 1.29 is 9.53 Å². The number of amidine groups is 1. The van der Waals surface area contributed by atoms with E-state index in [4.69, 9.17) is 5.84 Å². The van der Waals surface area contributed by atoms with Crippen molar-refractivity contribution in [3.8, 4) is 5.69 Å². The molecule has 0 amide bonds. The van der Waals surface area contributed by atoms with E-state index in [1.165, 1.54) is 19.2 Å². The number of esters is 1. The zero-order valence-corrected chi connectivity index (χ0v) is 12.1. The Balaban J connectivity index is 2.50. The Kier molecular flexibility index (Phi) is 4.64. The number of benzene rings is 1. The molecule has 22 heavy (non-hydrogen) atoms. The summed E-state index contributed by atoms with van der Waals surface area (Å²) in [7, 11) is 1.25. The molecular weight excluding hydrogens is 286 g/mol. The zero-order valence-electron chi connectivity index (χ0n) is 12.1. The van der Waals surface area contributed by atoms with Gasteiger partial charge in [0, 0.05) is 6.07 Å². The molecule has 1 aromatic heterocycles. The van der Waals surface area contributed by atoms with Crippen molar-refractivity contribution in [2.45, 2.75) is 6.92 Å². The maximum atomic E-state index is 12.0. The molecule has 0 aliphatic rings. The summed E-state index contributed by atoms with van der Waals surface area (Å²) in [6.45, 7) is 1.70. The van der Waals surface area contributed by atoms with Gasteiger partial charge in [-0.3, -0.25) is 4.79 Å². The highest BCUT2D eigenvalue weighted by Gasteiger charge is 2.10. The maximum absolute atomic E-state index is 12.0. The van der Waals surface area contributed by atoms with E-state index in [0.29, 0.717) is 17.2 Å². The fourth-order valence-corrected chi connectivity index (χ4v) is 1.73. The van der Waals surface area contributed by atoms with E-state index in [1.54, 1.807) is 31.2 Å². The Morgan fingerprint density at radius 3 is 2.82 bits per heavy atom. The predicted octanol–water partition coefficient (Wildman–Crippen LogP) is 0.532. The number of aromatic nitrogens is 2. The van der Waals surface area contributed by atoms with Gasteiger partial charge in [-0.05, 0) is 31.2 Å². The van der Waals surface area contributed by atoms with Gasteiger partial charge in [-0.25, -0.2) is 15.6 Å². The highest BCUT2D eigenvalue weighted by atomic mass is 16.5. The summed E-state index contributed by atoms with van der Waals surface area (Å²) >= 11 is 0. The van der Waals surface area contributed by atoms with Gasteiger partial charge < -0.3 is 10.2 Å². The van der Waals surface area contributed by atoms with E-state index in [9.17, 15) is 9.59 Å². The standard InChI is InChI=1S/C14H15N5O3/c1-9(17-15)16-10-4-3-5-11(8-10)19-13(20)7-6-12(18-19)14(21)22-2/h3-8H,15H2,1-2H3,(H,16,17). The molecule has 0 aliphatic carbocycles. The highest BCUT2D eigenvalue weighted by molar-refractivity contribution is 5.86. The van der Waals surface area contributed by atoms with Crippen LogP contribution in [0, 0.1) is 0 Å². The fourth-order valence-electron chi connectivity index (χ4n) is 1.73. The van der Waals surface area contributed by atoms with Crippen molar-refractivity contribution in [1.82, 2.24) is 15.2 Å². The first-order valence-corrected chi connectivity index (χ1v) is 6.36. The lowest BCUT2D eigenvalue weighted by atomic mass is 10.3. The normalized spacial score (nSPS) is 11.1. The summed E-state index contributed by atoms with van der Waals surface area (Å²) < 4.78 is 5.70. The van der Waals surface area contributed by atoms with Gasteiger partial charge in [0.1, 0.15) is 5.84 Å². The maximum Gasteiger partial charge on any atom is 0.358 e. The first-order chi connectivity index (χ1) is 10.5. The van der Waals surface area contributed by atoms with Crippen LogP contribution in [0.3, 0.4) is 0 Å². The molecule has 0 radical (unpaired) electrons. The summed E-state index contributed by atoms with van der Waals surface area (Å²) in [6, 6.07) is 9.36. The van der Waals surface area contributed by atoms with Gasteiger partial charge in [0.2, 0.25) is 0 Å². The number of nitrogens with two attached hydrogens (primary N) is 1. The Labute approximate surface area is 126 Å². The average molecular weight is 301 g/mol. The second kappa shape index (κ2) is 6.64. The van der Waals surface area contributed by atoms with Gasteiger partial charge in [0.05, 0.1) is 18.5 Å². The number of carbonyl (C=O) groups is 1. The molecular formula is C14H15N5O3. The molecule has 0 saturated carbocycles. The summed E-state index contributed by atoms with van der Waals surface area (Å²) in [5, 5.41) is 3.99. The second-order valence-electron chi connectivity index (χ2n) is 4.32. The molecule has 0 spiro atoms. The number of hydrazine groups is 1. The Morgan fingerprint density at radius 1 is 1.36 bits per heavy atom. The molecule has 1 heterocycles. The fraction of sp³-hybridized carbons (Fsp3) is 0.143. The minimum Gasteiger partial charge on any atom is -0.464 e. The SMILES string of the molecule is COC(=O)c1ccc(=O)n(-c2cccc(N=C(C)NN)c2)n1. The average Bonchev–Trinajstić information content (AvgIpc) is 2.54. The topological polar surface area (TPSA) is 112 Å². The van der Waals surface area contributed by atoms with Gasteiger partial charge in [0.15, 0.2) is 5.69 Å². The summed E-state index contributed by atoms with van der Waals surface area (Å²) in [4.78, 5) is 27.7. The van der Waals surface area contributed by atoms with Crippen LogP contribution < -0.4 is 16.8 Å². The van der Waals surface area contributed by atoms with Gasteiger partial charge >= 0.3 is 5.97 Å². The molecule has 0 aliphatic heterocycles. The van der Waals surface area contributed by atoms with E-state index in [0.717, 1.165) is 4.68 Å². The molecule has 0 saturated heterocycles. The Hall–Kier alpha value is -3.00. The van der Waals surface area contributed by atoms with E-state index < -0.39 is 5.97 Å². The van der Waals surface area contributed by atoms with Crippen LogP contribution in [-0.4, -0.2) is 28.7 Å². The number of aliphatic imine (C=N–C) groups is 1. The van der Waals surface area contributed by atoms with Crippen LogP contribution in [0.5, 0.6) is 0 Å². The number of nitrogens with one attached hydrogen (secondary N) is 1. The number of rotatable bonds is 3. The first-order valence-electron chi connectivity index (χ1n) is 6.36. The van der Waals surface area contributed by atoms with Gasteiger partial charge in [-0.1, -0.05) is 6.07 Å². The molecule has 0 bridgehead atoms. The second-order valence-corrected chi connectivity index (χ2v) is 4.32. The van der Waals surface area contributed by atoms with Crippen molar-refractivity contribution in [2.24, 2.45) is 10.8 Å². The third kappa shape index (κ3) is 3.36. The summed E-state index contributed by atoms with van der Waals surface area (Å²) in [6.07, 6.45) is 0. The summed E-state index contributed by atoms with van der Waals surface area (Å²) in [5.74, 6) is 5.16. The van der Waals surface area contributed by atoms with Gasteiger partial charge in [0.25, 0.3) is 5.56 Å². The third-order valence-corrected chi connectivity index (χ3v) is 2.77. The van der Waals surface area contributed by atoms with Crippen LogP contribution in [0.15, 0.2) is 46.2 Å². The molecule has 3 N–H and O–H groups in total. The van der Waals surface area contributed by atoms with E-state index in [1.807, 2.05) is 0 Å². The zero-order chi connectivity index (χ0) is 16.1. The van der Waals surface area contributed by atoms with E-state index >= 15 is 0 Å². The third-order valence-electron chi connectivity index (χ3n) is 2.77. The Morgan fingerprint density at radius 2 is 2.14 bits per heavy atom. The lowest BCUT2D eigenvalue weighted by molar-refractivity contribution is 0.0591. The quantitative estimate of drug-likeness (QED) is 0.281. The van der Waals surface area contributed by atoms with Crippen LogP contribution in [0.4, 0.5) is 5.69 Å². The monoisotopic (exact) mass is 301 g/mol. The predicted molar refractivity (Wildman–Crippen MR) is 81.3 cm³/mol. The van der Waals surface area contributed by atoms with Gasteiger partial charge in [-0.2, -0.15) is 9.78 Å². The summed E-state index contributed by atoms with van der Waals surface area (Å²) in [5.41, 5.74) is 3.15. The number of ether oxygens (including phenoxy) is 1. The lowest BCUT2D eigenvalue weighted by Crippen LogP contribution is -2.27. The van der Waals surface area contributed by atoms with Crippen LogP contribution in [0.2, 0.25) is 0 Å². The van der Waals surface area contributed by atoms with Crippen molar-refractivity contribution >= 4 is 17.5 Å². The van der Waals surface area contributed by atoms with Crippen LogP contribution in [0.1, 0.15) is 17.4 Å². The smallest absolute Gasteiger partial charge is 0.358 e. The van der Waals surface area contributed by atoms with Crippen molar-refractivity contribution in [1.29, 1.82) is 0 Å². The molecule has 8 nitrogen and oxygen atoms in total. The highest BCUT2D eigenvalue weighted by Crippen LogP contribution is 2.16. The number of methoxy groups -OCH3 is 1. The largest absolute Gasteiger partial charge is 0.464 e. The minimum atomic E-state index is -0.619. The molecule has 0 atom stereocenters. The first kappa shape index (κ1) is 15.4. The van der Waals surface area contributed by atoms with Gasteiger partial charge in [-0.15, -0.1) is 0 Å². The van der Waals surface area contributed by atoms with Crippen LogP contribution >= 0.6 is 0 Å². The number of carbonyl (C=O) groups excluding carboxylic acids is 1. The van der Waals surface area contributed by atoms with E-state index in [2.05, 4.69) is 20.3 Å². The number of nitrogens with zero attached hydrogens (tertiary/aromatic N) is 3. The molecule has 2 aromatic rings. The van der Waals surface area contributed by atoms with Crippen molar-refractivity contribution in [2.75, 3.05) is 7.11 Å². The van der Waals surface area contributed by atoms with Crippen molar-refractivity contribution in [3.63, 3.8) is 0 Å². The number of hydrogen-bond donors (Lipinski definition) is 2. The Bertz CT molecular complexity index is 782. The van der Waals surface area contributed by atoms with Crippen LogP contribution in [0.25, 0.3) is 5.69 Å². The lowest BCUT2D eigenvalue weighted by Gasteiger charge is -2.07. The number of hydrogen-bond acceptors (Lipinski definition) is 6. The molecule has 2 rings (SSSR count). The van der Waals surface area contributed by atoms with Crippen molar-refractivity contribution in [3.05, 3.63) is 52.4 Å².